The lowest BCUT2D eigenvalue weighted by Gasteiger charge is -2.10. The van der Waals surface area contributed by atoms with Gasteiger partial charge < -0.3 is 10.6 Å². The molecule has 1 aliphatic carbocycles. The van der Waals surface area contributed by atoms with E-state index >= 15 is 0 Å². The lowest BCUT2D eigenvalue weighted by atomic mass is 10.3. The first-order chi connectivity index (χ1) is 12.0. The van der Waals surface area contributed by atoms with E-state index in [2.05, 4.69) is 15.4 Å². The van der Waals surface area contributed by atoms with E-state index in [1.54, 1.807) is 36.4 Å². The molecule has 140 valence electrons. The van der Waals surface area contributed by atoms with Crippen LogP contribution in [0.4, 0.5) is 11.4 Å². The maximum Gasteiger partial charge on any atom is 0.261 e. The number of amides is 1. The van der Waals surface area contributed by atoms with Crippen LogP contribution >= 0.6 is 12.4 Å². The number of para-hydroxylation sites is 1. The van der Waals surface area contributed by atoms with Crippen LogP contribution in [-0.2, 0) is 14.8 Å². The van der Waals surface area contributed by atoms with Crippen LogP contribution in [0, 0.1) is 5.92 Å². The maximum absolute atomic E-state index is 12.3. The minimum Gasteiger partial charge on any atom is -0.325 e. The van der Waals surface area contributed by atoms with Gasteiger partial charge in [-0.1, -0.05) is 18.2 Å². The van der Waals surface area contributed by atoms with Crippen LogP contribution in [-0.4, -0.2) is 27.4 Å². The van der Waals surface area contributed by atoms with Crippen molar-refractivity contribution < 1.29 is 13.2 Å². The van der Waals surface area contributed by atoms with Crippen LogP contribution in [0.1, 0.15) is 12.8 Å². The van der Waals surface area contributed by atoms with Gasteiger partial charge in [0.05, 0.1) is 11.4 Å². The predicted molar refractivity (Wildman–Crippen MR) is 105 cm³/mol. The molecule has 0 bridgehead atoms. The molecule has 0 aromatic heterocycles. The van der Waals surface area contributed by atoms with Gasteiger partial charge in [0.25, 0.3) is 10.0 Å². The number of hydrogen-bond donors (Lipinski definition) is 3. The number of rotatable bonds is 8. The van der Waals surface area contributed by atoms with Gasteiger partial charge in [0, 0.05) is 11.4 Å². The van der Waals surface area contributed by atoms with Gasteiger partial charge in [0.1, 0.15) is 0 Å². The number of anilines is 2. The molecular formula is C18H22ClN3O3S. The monoisotopic (exact) mass is 395 g/mol. The Hall–Kier alpha value is -2.09. The zero-order chi connectivity index (χ0) is 17.7. The minimum atomic E-state index is -3.65. The molecule has 1 saturated carbocycles. The highest BCUT2D eigenvalue weighted by Crippen LogP contribution is 2.27. The summed E-state index contributed by atoms with van der Waals surface area (Å²) in [6, 6.07) is 14.8. The molecule has 0 saturated heterocycles. The Morgan fingerprint density at radius 2 is 1.62 bits per heavy atom. The van der Waals surface area contributed by atoms with Crippen molar-refractivity contribution in [2.45, 2.75) is 17.7 Å². The SMILES string of the molecule is Cl.O=C(CNCC1CC1)Nc1ccc(S(=O)(=O)Nc2ccccc2)cc1. The van der Waals surface area contributed by atoms with Crippen molar-refractivity contribution in [3.05, 3.63) is 54.6 Å². The fourth-order valence-electron chi connectivity index (χ4n) is 2.35. The first-order valence-corrected chi connectivity index (χ1v) is 9.70. The Kier molecular flexibility index (Phi) is 7.02. The summed E-state index contributed by atoms with van der Waals surface area (Å²) in [6.45, 7) is 1.13. The van der Waals surface area contributed by atoms with E-state index in [0.29, 0.717) is 11.4 Å². The molecule has 6 nitrogen and oxygen atoms in total. The van der Waals surface area contributed by atoms with Gasteiger partial charge in [-0.05, 0) is 61.7 Å². The third kappa shape index (κ3) is 6.01. The molecule has 8 heteroatoms. The fourth-order valence-corrected chi connectivity index (χ4v) is 3.41. The van der Waals surface area contributed by atoms with Gasteiger partial charge in [-0.3, -0.25) is 9.52 Å². The average Bonchev–Trinajstić information content (AvgIpc) is 3.40. The molecule has 2 aromatic carbocycles. The van der Waals surface area contributed by atoms with E-state index in [9.17, 15) is 13.2 Å². The van der Waals surface area contributed by atoms with Crippen LogP contribution in [0.25, 0.3) is 0 Å². The van der Waals surface area contributed by atoms with Gasteiger partial charge in [0.15, 0.2) is 0 Å². The highest BCUT2D eigenvalue weighted by molar-refractivity contribution is 7.92. The molecule has 1 amide bonds. The quantitative estimate of drug-likeness (QED) is 0.641. The number of carbonyl (C=O) groups excluding carboxylic acids is 1. The van der Waals surface area contributed by atoms with Crippen molar-refractivity contribution in [2.75, 3.05) is 23.1 Å². The van der Waals surface area contributed by atoms with E-state index in [1.807, 2.05) is 6.07 Å². The van der Waals surface area contributed by atoms with E-state index < -0.39 is 10.0 Å². The van der Waals surface area contributed by atoms with Crippen molar-refractivity contribution in [2.24, 2.45) is 5.92 Å². The zero-order valence-electron chi connectivity index (χ0n) is 14.1. The summed E-state index contributed by atoms with van der Waals surface area (Å²) in [6.07, 6.45) is 2.48. The first-order valence-electron chi connectivity index (χ1n) is 8.21. The Morgan fingerprint density at radius 1 is 0.962 bits per heavy atom. The molecule has 1 fully saturated rings. The van der Waals surface area contributed by atoms with Crippen molar-refractivity contribution in [1.29, 1.82) is 0 Å². The zero-order valence-corrected chi connectivity index (χ0v) is 15.8. The molecule has 0 spiro atoms. The van der Waals surface area contributed by atoms with Crippen molar-refractivity contribution >= 4 is 39.7 Å². The van der Waals surface area contributed by atoms with Gasteiger partial charge in [0.2, 0.25) is 5.91 Å². The number of carbonyl (C=O) groups is 1. The molecular weight excluding hydrogens is 374 g/mol. The van der Waals surface area contributed by atoms with Gasteiger partial charge in [-0.2, -0.15) is 0 Å². The predicted octanol–water partition coefficient (Wildman–Crippen LogP) is 2.85. The largest absolute Gasteiger partial charge is 0.325 e. The second kappa shape index (κ2) is 9.02. The summed E-state index contributed by atoms with van der Waals surface area (Å²) in [5.41, 5.74) is 1.07. The third-order valence-corrected chi connectivity index (χ3v) is 5.29. The molecule has 3 rings (SSSR count). The summed E-state index contributed by atoms with van der Waals surface area (Å²) < 4.78 is 27.2. The van der Waals surface area contributed by atoms with Crippen LogP contribution in [0.5, 0.6) is 0 Å². The second-order valence-corrected chi connectivity index (χ2v) is 7.80. The standard InChI is InChI=1S/C18H21N3O3S.ClH/c22-18(13-19-12-14-6-7-14)20-15-8-10-17(11-9-15)25(23,24)21-16-4-2-1-3-5-16;/h1-5,8-11,14,19,21H,6-7,12-13H2,(H,20,22);1H. The summed E-state index contributed by atoms with van der Waals surface area (Å²) in [5.74, 6) is 0.577. The van der Waals surface area contributed by atoms with Crippen LogP contribution < -0.4 is 15.4 Å². The summed E-state index contributed by atoms with van der Waals surface area (Å²) in [4.78, 5) is 12.0. The Bertz CT molecular complexity index is 823. The van der Waals surface area contributed by atoms with Crippen molar-refractivity contribution in [1.82, 2.24) is 5.32 Å². The lowest BCUT2D eigenvalue weighted by molar-refractivity contribution is -0.115. The molecule has 0 atom stereocenters. The number of benzene rings is 2. The fraction of sp³-hybridized carbons (Fsp3) is 0.278. The number of hydrogen-bond acceptors (Lipinski definition) is 4. The van der Waals surface area contributed by atoms with Crippen LogP contribution in [0.15, 0.2) is 59.5 Å². The Morgan fingerprint density at radius 3 is 2.23 bits per heavy atom. The molecule has 0 aliphatic heterocycles. The average molecular weight is 396 g/mol. The Labute approximate surface area is 159 Å². The first kappa shape index (κ1) is 20.2. The van der Waals surface area contributed by atoms with E-state index in [0.717, 1.165) is 12.5 Å². The second-order valence-electron chi connectivity index (χ2n) is 6.12. The number of nitrogens with one attached hydrogen (secondary N) is 3. The smallest absolute Gasteiger partial charge is 0.261 e. The topological polar surface area (TPSA) is 87.3 Å². The summed E-state index contributed by atoms with van der Waals surface area (Å²) >= 11 is 0. The van der Waals surface area contributed by atoms with Crippen molar-refractivity contribution in [3.63, 3.8) is 0 Å². The molecule has 0 unspecified atom stereocenters. The highest BCUT2D eigenvalue weighted by Gasteiger charge is 2.20. The molecule has 0 radical (unpaired) electrons. The van der Waals surface area contributed by atoms with E-state index in [1.165, 1.54) is 25.0 Å². The summed E-state index contributed by atoms with van der Waals surface area (Å²) in [5, 5.41) is 5.86. The molecule has 0 heterocycles. The lowest BCUT2D eigenvalue weighted by Crippen LogP contribution is -2.29. The minimum absolute atomic E-state index is 0. The normalized spacial score (nSPS) is 13.5. The van der Waals surface area contributed by atoms with E-state index in [4.69, 9.17) is 0 Å². The molecule has 26 heavy (non-hydrogen) atoms. The Balaban J connectivity index is 0.00000243. The number of sulfonamides is 1. The van der Waals surface area contributed by atoms with Crippen molar-refractivity contribution in [3.8, 4) is 0 Å². The van der Waals surface area contributed by atoms with Gasteiger partial charge in [-0.25, -0.2) is 8.42 Å². The number of halogens is 1. The molecule has 1 aliphatic rings. The van der Waals surface area contributed by atoms with Gasteiger partial charge in [-0.15, -0.1) is 12.4 Å². The maximum atomic E-state index is 12.3. The van der Waals surface area contributed by atoms with E-state index in [-0.39, 0.29) is 29.8 Å². The van der Waals surface area contributed by atoms with Crippen LogP contribution in [0.3, 0.4) is 0 Å². The van der Waals surface area contributed by atoms with Gasteiger partial charge >= 0.3 is 0 Å². The highest BCUT2D eigenvalue weighted by atomic mass is 35.5. The molecule has 3 N–H and O–H groups in total. The summed E-state index contributed by atoms with van der Waals surface area (Å²) in [7, 11) is -3.65. The van der Waals surface area contributed by atoms with Crippen LogP contribution in [0.2, 0.25) is 0 Å². The third-order valence-electron chi connectivity index (χ3n) is 3.89. The molecule has 2 aromatic rings.